The standard InChI is InChI=1S/C10H15NO3S/c11-7-2-1-6(5-9(7)13)10(14)8(12)3-4-15/h1-2,5,8,10,12-15H,3-4,11H2. The summed E-state index contributed by atoms with van der Waals surface area (Å²) < 4.78 is 0. The van der Waals surface area contributed by atoms with Crippen molar-refractivity contribution in [3.05, 3.63) is 23.8 Å². The summed E-state index contributed by atoms with van der Waals surface area (Å²) in [4.78, 5) is 0. The highest BCUT2D eigenvalue weighted by Crippen LogP contribution is 2.26. The lowest BCUT2D eigenvalue weighted by atomic mass is 10.0. The van der Waals surface area contributed by atoms with E-state index < -0.39 is 12.2 Å². The summed E-state index contributed by atoms with van der Waals surface area (Å²) in [6.07, 6.45) is -1.52. The fraction of sp³-hybridized carbons (Fsp3) is 0.400. The molecule has 0 aromatic heterocycles. The molecule has 0 heterocycles. The Kier molecular flexibility index (Phi) is 4.26. The van der Waals surface area contributed by atoms with Crippen LogP contribution in [0.5, 0.6) is 5.75 Å². The molecule has 2 atom stereocenters. The molecule has 0 saturated heterocycles. The zero-order valence-electron chi connectivity index (χ0n) is 8.17. The number of rotatable bonds is 4. The summed E-state index contributed by atoms with van der Waals surface area (Å²) in [7, 11) is 0. The van der Waals surface area contributed by atoms with E-state index in [1.807, 2.05) is 0 Å². The third kappa shape index (κ3) is 3.02. The molecule has 0 amide bonds. The molecular weight excluding hydrogens is 214 g/mol. The van der Waals surface area contributed by atoms with Crippen molar-refractivity contribution in [2.75, 3.05) is 11.5 Å². The van der Waals surface area contributed by atoms with E-state index in [-0.39, 0.29) is 11.4 Å². The van der Waals surface area contributed by atoms with Gasteiger partial charge in [0.1, 0.15) is 11.9 Å². The van der Waals surface area contributed by atoms with E-state index in [1.165, 1.54) is 12.1 Å². The summed E-state index contributed by atoms with van der Waals surface area (Å²) in [5.74, 6) is 0.392. The second kappa shape index (κ2) is 5.25. The Hall–Kier alpha value is -0.910. The van der Waals surface area contributed by atoms with Crippen LogP contribution in [0.2, 0.25) is 0 Å². The van der Waals surface area contributed by atoms with Gasteiger partial charge < -0.3 is 21.1 Å². The Labute approximate surface area is 93.8 Å². The lowest BCUT2D eigenvalue weighted by molar-refractivity contribution is 0.0171. The van der Waals surface area contributed by atoms with E-state index in [0.717, 1.165) is 0 Å². The number of aliphatic hydroxyl groups is 2. The Balaban J connectivity index is 2.81. The van der Waals surface area contributed by atoms with E-state index in [0.29, 0.717) is 17.7 Å². The van der Waals surface area contributed by atoms with Crippen LogP contribution in [0.1, 0.15) is 18.1 Å². The summed E-state index contributed by atoms with van der Waals surface area (Å²) in [6.45, 7) is 0. The van der Waals surface area contributed by atoms with Crippen LogP contribution >= 0.6 is 12.6 Å². The Morgan fingerprint density at radius 1 is 1.33 bits per heavy atom. The molecule has 5 N–H and O–H groups in total. The van der Waals surface area contributed by atoms with Gasteiger partial charge in [0, 0.05) is 0 Å². The molecule has 0 spiro atoms. The van der Waals surface area contributed by atoms with Crippen molar-refractivity contribution < 1.29 is 15.3 Å². The highest BCUT2D eigenvalue weighted by atomic mass is 32.1. The van der Waals surface area contributed by atoms with E-state index in [1.54, 1.807) is 6.07 Å². The highest BCUT2D eigenvalue weighted by Gasteiger charge is 2.18. The molecule has 1 aromatic rings. The van der Waals surface area contributed by atoms with Crippen LogP contribution in [0, 0.1) is 0 Å². The van der Waals surface area contributed by atoms with Crippen LogP contribution in [0.25, 0.3) is 0 Å². The molecule has 2 unspecified atom stereocenters. The monoisotopic (exact) mass is 229 g/mol. The number of phenols is 1. The average molecular weight is 229 g/mol. The maximum atomic E-state index is 9.70. The first kappa shape index (κ1) is 12.2. The predicted molar refractivity (Wildman–Crippen MR) is 62.0 cm³/mol. The number of nitrogens with two attached hydrogens (primary N) is 1. The Morgan fingerprint density at radius 2 is 2.00 bits per heavy atom. The molecule has 0 radical (unpaired) electrons. The molecular formula is C10H15NO3S. The number of aromatic hydroxyl groups is 1. The molecule has 0 aliphatic heterocycles. The van der Waals surface area contributed by atoms with Gasteiger partial charge in [-0.25, -0.2) is 0 Å². The second-order valence-corrected chi connectivity index (χ2v) is 3.79. The predicted octanol–water partition coefficient (Wildman–Crippen LogP) is 0.689. The summed E-state index contributed by atoms with van der Waals surface area (Å²) >= 11 is 3.96. The highest BCUT2D eigenvalue weighted by molar-refractivity contribution is 7.80. The van der Waals surface area contributed by atoms with Crippen LogP contribution in [-0.4, -0.2) is 27.2 Å². The van der Waals surface area contributed by atoms with Gasteiger partial charge in [0.2, 0.25) is 0 Å². The van der Waals surface area contributed by atoms with Gasteiger partial charge in [-0.2, -0.15) is 12.6 Å². The molecule has 0 bridgehead atoms. The minimum Gasteiger partial charge on any atom is -0.506 e. The minimum atomic E-state index is -1.02. The normalized spacial score (nSPS) is 14.9. The number of hydrogen-bond donors (Lipinski definition) is 5. The third-order valence-corrected chi connectivity index (χ3v) is 2.44. The van der Waals surface area contributed by atoms with Crippen molar-refractivity contribution in [3.63, 3.8) is 0 Å². The number of benzene rings is 1. The van der Waals surface area contributed by atoms with Crippen molar-refractivity contribution >= 4 is 18.3 Å². The third-order valence-electron chi connectivity index (χ3n) is 2.19. The van der Waals surface area contributed by atoms with Gasteiger partial charge in [-0.15, -0.1) is 0 Å². The summed E-state index contributed by atoms with van der Waals surface area (Å²) in [5, 5.41) is 28.5. The van der Waals surface area contributed by atoms with Gasteiger partial charge in [-0.05, 0) is 29.9 Å². The molecule has 0 aliphatic carbocycles. The van der Waals surface area contributed by atoms with Crippen molar-refractivity contribution in [2.24, 2.45) is 0 Å². The number of anilines is 1. The minimum absolute atomic E-state index is 0.0929. The smallest absolute Gasteiger partial charge is 0.138 e. The molecule has 1 aromatic carbocycles. The maximum absolute atomic E-state index is 9.70. The number of aliphatic hydroxyl groups excluding tert-OH is 2. The van der Waals surface area contributed by atoms with E-state index in [2.05, 4.69) is 12.6 Å². The molecule has 5 heteroatoms. The molecule has 0 saturated carbocycles. The SMILES string of the molecule is Nc1ccc(C(O)C(O)CCS)cc1O. The fourth-order valence-electron chi connectivity index (χ4n) is 1.26. The van der Waals surface area contributed by atoms with E-state index in [4.69, 9.17) is 5.73 Å². The van der Waals surface area contributed by atoms with Gasteiger partial charge in [0.15, 0.2) is 0 Å². The van der Waals surface area contributed by atoms with E-state index in [9.17, 15) is 15.3 Å². The number of thiol groups is 1. The van der Waals surface area contributed by atoms with Crippen molar-refractivity contribution in [1.29, 1.82) is 0 Å². The molecule has 0 fully saturated rings. The van der Waals surface area contributed by atoms with Crippen molar-refractivity contribution in [3.8, 4) is 5.75 Å². The summed E-state index contributed by atoms with van der Waals surface area (Å²) in [5.41, 5.74) is 6.10. The van der Waals surface area contributed by atoms with Crippen LogP contribution in [0.3, 0.4) is 0 Å². The first-order valence-corrected chi connectivity index (χ1v) is 5.25. The van der Waals surface area contributed by atoms with Gasteiger partial charge in [-0.1, -0.05) is 6.07 Å². The topological polar surface area (TPSA) is 86.7 Å². The van der Waals surface area contributed by atoms with Gasteiger partial charge in [-0.3, -0.25) is 0 Å². The van der Waals surface area contributed by atoms with Gasteiger partial charge in [0.25, 0.3) is 0 Å². The van der Waals surface area contributed by atoms with E-state index >= 15 is 0 Å². The quantitative estimate of drug-likeness (QED) is 0.299. The van der Waals surface area contributed by atoms with Crippen LogP contribution in [0.15, 0.2) is 18.2 Å². The summed E-state index contributed by atoms with van der Waals surface area (Å²) in [6, 6.07) is 4.41. The molecule has 4 nitrogen and oxygen atoms in total. The zero-order chi connectivity index (χ0) is 11.4. The second-order valence-electron chi connectivity index (χ2n) is 3.34. The average Bonchev–Trinajstić information content (AvgIpc) is 2.21. The van der Waals surface area contributed by atoms with Crippen LogP contribution < -0.4 is 5.73 Å². The molecule has 1 rings (SSSR count). The lowest BCUT2D eigenvalue weighted by Gasteiger charge is -2.17. The zero-order valence-corrected chi connectivity index (χ0v) is 9.06. The number of nitrogen functional groups attached to an aromatic ring is 1. The number of hydrogen-bond acceptors (Lipinski definition) is 5. The molecule has 0 aliphatic rings. The van der Waals surface area contributed by atoms with Crippen LogP contribution in [-0.2, 0) is 0 Å². The Bertz CT molecular complexity index is 332. The van der Waals surface area contributed by atoms with Crippen molar-refractivity contribution in [2.45, 2.75) is 18.6 Å². The fourth-order valence-corrected chi connectivity index (χ4v) is 1.52. The van der Waals surface area contributed by atoms with Crippen LogP contribution in [0.4, 0.5) is 5.69 Å². The molecule has 15 heavy (non-hydrogen) atoms. The first-order chi connectivity index (χ1) is 7.06. The molecule has 84 valence electrons. The first-order valence-electron chi connectivity index (χ1n) is 4.61. The van der Waals surface area contributed by atoms with Gasteiger partial charge >= 0.3 is 0 Å². The lowest BCUT2D eigenvalue weighted by Crippen LogP contribution is -2.18. The van der Waals surface area contributed by atoms with Gasteiger partial charge in [0.05, 0.1) is 11.8 Å². The largest absolute Gasteiger partial charge is 0.506 e. The number of phenolic OH excluding ortho intramolecular Hbond substituents is 1. The maximum Gasteiger partial charge on any atom is 0.138 e. The Morgan fingerprint density at radius 3 is 2.53 bits per heavy atom. The van der Waals surface area contributed by atoms with Crippen molar-refractivity contribution in [1.82, 2.24) is 0 Å².